The number of amides is 3. The number of fused-ring (bicyclic) bond motifs is 1. The fourth-order valence-corrected chi connectivity index (χ4v) is 4.80. The first-order chi connectivity index (χ1) is 13.5. The molecule has 2 aliphatic heterocycles. The number of likely N-dealkylation sites (tertiary alicyclic amines) is 1. The van der Waals surface area contributed by atoms with Crippen LogP contribution in [0.5, 0.6) is 0 Å². The number of benzene rings is 1. The van der Waals surface area contributed by atoms with Gasteiger partial charge >= 0.3 is 6.03 Å². The second-order valence-electron chi connectivity index (χ2n) is 7.44. The molecule has 2 saturated heterocycles. The van der Waals surface area contributed by atoms with Crippen LogP contribution in [0.2, 0.25) is 0 Å². The van der Waals surface area contributed by atoms with E-state index >= 15 is 0 Å². The highest BCUT2D eigenvalue weighted by atomic mass is 32.1. The van der Waals surface area contributed by atoms with Crippen molar-refractivity contribution >= 4 is 33.5 Å². The fraction of sp³-hybridized carbons (Fsp3) is 0.300. The van der Waals surface area contributed by atoms with Crippen molar-refractivity contribution in [2.24, 2.45) is 0 Å². The van der Waals surface area contributed by atoms with Crippen LogP contribution < -0.4 is 5.32 Å². The summed E-state index contributed by atoms with van der Waals surface area (Å²) in [6.45, 7) is 3.60. The van der Waals surface area contributed by atoms with Crippen LogP contribution in [0.1, 0.15) is 16.2 Å². The van der Waals surface area contributed by atoms with Crippen molar-refractivity contribution in [3.8, 4) is 11.3 Å². The number of nitrogens with one attached hydrogen (secondary N) is 1. The Hall–Kier alpha value is -3.00. The van der Waals surface area contributed by atoms with E-state index in [-0.39, 0.29) is 17.5 Å². The summed E-state index contributed by atoms with van der Waals surface area (Å²) >= 11 is 1.62. The number of carbonyl (C=O) groups is 2. The number of hydrogen-bond acceptors (Lipinski definition) is 5. The number of likely N-dealkylation sites (N-methyl/N-ethyl adjacent to an activating group) is 1. The number of hydrogen-bond donors (Lipinski definition) is 1. The lowest BCUT2D eigenvalue weighted by molar-refractivity contribution is 0.00777. The van der Waals surface area contributed by atoms with Crippen LogP contribution in [0.4, 0.5) is 4.79 Å². The molecule has 0 bridgehead atoms. The van der Waals surface area contributed by atoms with Gasteiger partial charge in [0, 0.05) is 37.8 Å². The van der Waals surface area contributed by atoms with Crippen molar-refractivity contribution in [3.05, 3.63) is 47.1 Å². The minimum Gasteiger partial charge on any atom is -0.335 e. The molecule has 2 aromatic heterocycles. The van der Waals surface area contributed by atoms with Gasteiger partial charge in [0.1, 0.15) is 5.82 Å². The molecule has 0 atom stereocenters. The molecule has 8 heteroatoms. The second-order valence-corrected chi connectivity index (χ2v) is 8.35. The average molecular weight is 393 g/mol. The molecular formula is C20H19N5O2S. The van der Waals surface area contributed by atoms with Crippen LogP contribution >= 0.6 is 11.3 Å². The van der Waals surface area contributed by atoms with E-state index in [0.717, 1.165) is 27.3 Å². The minimum absolute atomic E-state index is 0.00920. The number of aromatic nitrogens is 2. The molecule has 28 heavy (non-hydrogen) atoms. The first kappa shape index (κ1) is 17.1. The van der Waals surface area contributed by atoms with Crippen LogP contribution in [-0.2, 0) is 0 Å². The summed E-state index contributed by atoms with van der Waals surface area (Å²) in [5.41, 5.74) is 3.21. The van der Waals surface area contributed by atoms with Gasteiger partial charge in [0.05, 0.1) is 21.4 Å². The molecule has 2 aliphatic rings. The molecule has 5 rings (SSSR count). The van der Waals surface area contributed by atoms with Gasteiger partial charge < -0.3 is 15.1 Å². The highest BCUT2D eigenvalue weighted by Crippen LogP contribution is 2.33. The summed E-state index contributed by atoms with van der Waals surface area (Å²) in [6, 6.07) is 9.50. The van der Waals surface area contributed by atoms with Gasteiger partial charge in [0.2, 0.25) is 0 Å². The van der Waals surface area contributed by atoms with Gasteiger partial charge in [0.15, 0.2) is 0 Å². The lowest BCUT2D eigenvalue weighted by Crippen LogP contribution is -2.70. The molecular weight excluding hydrogens is 374 g/mol. The average Bonchev–Trinajstić information content (AvgIpc) is 3.25. The number of aryl methyl sites for hydroxylation is 1. The molecule has 3 aromatic rings. The number of rotatable bonds is 2. The summed E-state index contributed by atoms with van der Waals surface area (Å²) in [6.07, 6.45) is 0. The summed E-state index contributed by atoms with van der Waals surface area (Å²) in [5, 5.41) is 4.86. The van der Waals surface area contributed by atoms with Crippen molar-refractivity contribution in [1.29, 1.82) is 0 Å². The third kappa shape index (κ3) is 2.48. The second kappa shape index (κ2) is 6.00. The molecule has 3 amide bonds. The summed E-state index contributed by atoms with van der Waals surface area (Å²) in [4.78, 5) is 37.1. The zero-order chi connectivity index (χ0) is 19.5. The quantitative estimate of drug-likeness (QED) is 0.726. The van der Waals surface area contributed by atoms with E-state index in [1.54, 1.807) is 28.2 Å². The molecule has 1 N–H and O–H groups in total. The number of thiophene rings is 1. The molecule has 0 aliphatic carbocycles. The zero-order valence-corrected chi connectivity index (χ0v) is 16.4. The first-order valence-corrected chi connectivity index (χ1v) is 9.98. The van der Waals surface area contributed by atoms with E-state index in [9.17, 15) is 9.59 Å². The van der Waals surface area contributed by atoms with Crippen LogP contribution in [0.3, 0.4) is 0 Å². The van der Waals surface area contributed by atoms with Crippen molar-refractivity contribution in [3.63, 3.8) is 0 Å². The number of carbonyl (C=O) groups excluding carboxylic acids is 2. The van der Waals surface area contributed by atoms with E-state index in [2.05, 4.69) is 15.3 Å². The molecule has 1 spiro atoms. The largest absolute Gasteiger partial charge is 0.335 e. The van der Waals surface area contributed by atoms with Crippen molar-refractivity contribution in [2.75, 3.05) is 26.7 Å². The van der Waals surface area contributed by atoms with E-state index in [1.807, 2.05) is 42.6 Å². The standard InChI is InChI=1S/C20H19N5O2S/c1-12-22-15-7-8-28-17(15)16(23-12)13-3-5-14(6-4-13)18(26)25-10-20(11-25)9-21-19(27)24(20)2/h3-8H,9-11H2,1-2H3,(H,21,27). The van der Waals surface area contributed by atoms with E-state index < -0.39 is 0 Å². The van der Waals surface area contributed by atoms with Crippen molar-refractivity contribution in [2.45, 2.75) is 12.5 Å². The molecule has 0 radical (unpaired) electrons. The first-order valence-electron chi connectivity index (χ1n) is 9.10. The number of urea groups is 1. The summed E-state index contributed by atoms with van der Waals surface area (Å²) in [7, 11) is 1.79. The van der Waals surface area contributed by atoms with Crippen molar-refractivity contribution in [1.82, 2.24) is 25.1 Å². The Bertz CT molecular complexity index is 1100. The van der Waals surface area contributed by atoms with Gasteiger partial charge in [-0.15, -0.1) is 11.3 Å². The van der Waals surface area contributed by atoms with E-state index in [0.29, 0.717) is 25.2 Å². The van der Waals surface area contributed by atoms with Crippen LogP contribution in [0.25, 0.3) is 21.5 Å². The smallest absolute Gasteiger partial charge is 0.317 e. The summed E-state index contributed by atoms with van der Waals surface area (Å²) in [5.74, 6) is 0.723. The third-order valence-electron chi connectivity index (χ3n) is 5.66. The van der Waals surface area contributed by atoms with E-state index in [4.69, 9.17) is 0 Å². The SMILES string of the molecule is Cc1nc(-c2ccc(C(=O)N3CC4(CNC(=O)N4C)C3)cc2)c2sccc2n1. The fourth-order valence-electron chi connectivity index (χ4n) is 3.95. The predicted molar refractivity (Wildman–Crippen MR) is 107 cm³/mol. The zero-order valence-electron chi connectivity index (χ0n) is 15.6. The number of nitrogens with zero attached hydrogens (tertiary/aromatic N) is 4. The maximum absolute atomic E-state index is 12.8. The topological polar surface area (TPSA) is 78.4 Å². The highest BCUT2D eigenvalue weighted by molar-refractivity contribution is 7.17. The summed E-state index contributed by atoms with van der Waals surface area (Å²) < 4.78 is 1.05. The van der Waals surface area contributed by atoms with Gasteiger partial charge in [-0.1, -0.05) is 12.1 Å². The Labute approximate surface area is 166 Å². The van der Waals surface area contributed by atoms with Gasteiger partial charge in [-0.3, -0.25) is 4.79 Å². The van der Waals surface area contributed by atoms with Gasteiger partial charge in [0.25, 0.3) is 5.91 Å². The molecule has 0 saturated carbocycles. The Kier molecular flexibility index (Phi) is 3.67. The van der Waals surface area contributed by atoms with Crippen molar-refractivity contribution < 1.29 is 9.59 Å². The maximum atomic E-state index is 12.8. The van der Waals surface area contributed by atoms with Gasteiger partial charge in [-0.25, -0.2) is 14.8 Å². The Morgan fingerprint density at radius 1 is 1.18 bits per heavy atom. The Morgan fingerprint density at radius 2 is 1.93 bits per heavy atom. The molecule has 2 fully saturated rings. The Balaban J connectivity index is 1.36. The van der Waals surface area contributed by atoms with Gasteiger partial charge in [-0.05, 0) is 30.5 Å². The normalized spacial score (nSPS) is 17.9. The highest BCUT2D eigenvalue weighted by Gasteiger charge is 2.53. The Morgan fingerprint density at radius 3 is 2.61 bits per heavy atom. The minimum atomic E-state index is -0.254. The van der Waals surface area contributed by atoms with Crippen LogP contribution in [-0.4, -0.2) is 63.9 Å². The monoisotopic (exact) mass is 393 g/mol. The lowest BCUT2D eigenvalue weighted by Gasteiger charge is -2.50. The predicted octanol–water partition coefficient (Wildman–Crippen LogP) is 2.52. The third-order valence-corrected chi connectivity index (χ3v) is 6.57. The van der Waals surface area contributed by atoms with Gasteiger partial charge in [-0.2, -0.15) is 0 Å². The molecule has 1 aromatic carbocycles. The molecule has 142 valence electrons. The molecule has 7 nitrogen and oxygen atoms in total. The van der Waals surface area contributed by atoms with Crippen LogP contribution in [0.15, 0.2) is 35.7 Å². The molecule has 0 unspecified atom stereocenters. The molecule has 4 heterocycles. The lowest BCUT2D eigenvalue weighted by atomic mass is 9.89. The van der Waals surface area contributed by atoms with E-state index in [1.165, 1.54) is 0 Å². The van der Waals surface area contributed by atoms with Crippen LogP contribution in [0, 0.1) is 6.92 Å². The maximum Gasteiger partial charge on any atom is 0.317 e.